The van der Waals surface area contributed by atoms with Crippen LogP contribution < -0.4 is 10.1 Å². The van der Waals surface area contributed by atoms with Gasteiger partial charge in [-0.05, 0) is 61.7 Å². The summed E-state index contributed by atoms with van der Waals surface area (Å²) in [5.41, 5.74) is 3.99. The molecule has 2 heterocycles. The molecule has 0 saturated carbocycles. The fraction of sp³-hybridized carbons (Fsp3) is 0.333. The van der Waals surface area contributed by atoms with Crippen LogP contribution in [0.2, 0.25) is 0 Å². The first kappa shape index (κ1) is 20.8. The summed E-state index contributed by atoms with van der Waals surface area (Å²) in [5.74, 6) is 0.319. The van der Waals surface area contributed by atoms with Gasteiger partial charge in [0, 0.05) is 24.7 Å². The molecule has 1 aromatic heterocycles. The second-order valence-electron chi connectivity index (χ2n) is 7.33. The molecule has 2 aromatic carbocycles. The molecule has 1 aliphatic rings. The van der Waals surface area contributed by atoms with Gasteiger partial charge in [0.05, 0.1) is 27.7 Å². The number of carbonyl (C=O) groups excluding carboxylic acids is 1. The average Bonchev–Trinajstić information content (AvgIpc) is 3.21. The first-order valence-corrected chi connectivity index (χ1v) is 12.0. The Morgan fingerprint density at radius 2 is 1.97 bits per heavy atom. The standard InChI is InChI=1S/C21H23N3O4S2/c1-14-11-17(28-2)4-6-20(14)30(26,27)24-9-7-15(8-10-24)21(25)23-16-3-5-19-18(12-16)22-13-29-19/h3-6,11-13,15H,7-10H2,1-2H3,(H,23,25). The molecule has 9 heteroatoms. The molecule has 30 heavy (non-hydrogen) atoms. The number of benzene rings is 2. The fourth-order valence-corrected chi connectivity index (χ4v) is 6.05. The van der Waals surface area contributed by atoms with Crippen LogP contribution >= 0.6 is 11.3 Å². The number of amides is 1. The van der Waals surface area contributed by atoms with Crippen molar-refractivity contribution >= 4 is 43.2 Å². The van der Waals surface area contributed by atoms with E-state index in [2.05, 4.69) is 10.3 Å². The topological polar surface area (TPSA) is 88.6 Å². The zero-order chi connectivity index (χ0) is 21.3. The van der Waals surface area contributed by atoms with Crippen molar-refractivity contribution in [2.24, 2.45) is 5.92 Å². The van der Waals surface area contributed by atoms with Crippen molar-refractivity contribution in [3.05, 3.63) is 47.5 Å². The molecule has 4 rings (SSSR count). The molecule has 3 aromatic rings. The maximum absolute atomic E-state index is 13.1. The van der Waals surface area contributed by atoms with Crippen molar-refractivity contribution in [1.29, 1.82) is 0 Å². The number of ether oxygens (including phenoxy) is 1. The van der Waals surface area contributed by atoms with Crippen LogP contribution in [0.15, 0.2) is 46.8 Å². The Bertz CT molecular complexity index is 1180. The minimum absolute atomic E-state index is 0.0812. The quantitative estimate of drug-likeness (QED) is 0.648. The zero-order valence-electron chi connectivity index (χ0n) is 16.8. The number of piperidine rings is 1. The van der Waals surface area contributed by atoms with E-state index in [1.165, 1.54) is 4.31 Å². The fourth-order valence-electron chi connectivity index (χ4n) is 3.72. The van der Waals surface area contributed by atoms with Gasteiger partial charge in [0.2, 0.25) is 15.9 Å². The Hall–Kier alpha value is -2.49. The lowest BCUT2D eigenvalue weighted by Gasteiger charge is -2.31. The van der Waals surface area contributed by atoms with Crippen LogP contribution in [0.25, 0.3) is 10.2 Å². The molecule has 1 saturated heterocycles. The van der Waals surface area contributed by atoms with Crippen LogP contribution in [0.5, 0.6) is 5.75 Å². The van der Waals surface area contributed by atoms with Gasteiger partial charge in [-0.25, -0.2) is 13.4 Å². The van der Waals surface area contributed by atoms with E-state index < -0.39 is 10.0 Å². The minimum atomic E-state index is -3.60. The minimum Gasteiger partial charge on any atom is -0.497 e. The molecule has 0 atom stereocenters. The molecule has 0 bridgehead atoms. The maximum atomic E-state index is 13.1. The van der Waals surface area contributed by atoms with Crippen molar-refractivity contribution < 1.29 is 17.9 Å². The highest BCUT2D eigenvalue weighted by Crippen LogP contribution is 2.29. The normalized spacial score (nSPS) is 15.9. The first-order valence-electron chi connectivity index (χ1n) is 9.67. The summed E-state index contributed by atoms with van der Waals surface area (Å²) < 4.78 is 33.8. The number of nitrogens with zero attached hydrogens (tertiary/aromatic N) is 2. The van der Waals surface area contributed by atoms with Crippen LogP contribution in [0, 0.1) is 12.8 Å². The van der Waals surface area contributed by atoms with Gasteiger partial charge in [-0.15, -0.1) is 11.3 Å². The highest BCUT2D eigenvalue weighted by Gasteiger charge is 2.33. The van der Waals surface area contributed by atoms with Gasteiger partial charge in [-0.1, -0.05) is 0 Å². The van der Waals surface area contributed by atoms with E-state index in [4.69, 9.17) is 4.74 Å². The van der Waals surface area contributed by atoms with Crippen molar-refractivity contribution in [2.75, 3.05) is 25.5 Å². The number of sulfonamides is 1. The monoisotopic (exact) mass is 445 g/mol. The number of anilines is 1. The molecular weight excluding hydrogens is 422 g/mol. The Morgan fingerprint density at radius 3 is 2.67 bits per heavy atom. The predicted molar refractivity (Wildman–Crippen MR) is 117 cm³/mol. The highest BCUT2D eigenvalue weighted by molar-refractivity contribution is 7.89. The maximum Gasteiger partial charge on any atom is 0.243 e. The third-order valence-corrected chi connectivity index (χ3v) is 8.29. The van der Waals surface area contributed by atoms with E-state index in [0.717, 1.165) is 10.2 Å². The Labute approximate surface area is 179 Å². The molecule has 0 unspecified atom stereocenters. The third kappa shape index (κ3) is 4.05. The molecule has 158 valence electrons. The Morgan fingerprint density at radius 1 is 1.20 bits per heavy atom. The van der Waals surface area contributed by atoms with Crippen molar-refractivity contribution in [3.8, 4) is 5.75 Å². The molecule has 1 fully saturated rings. The van der Waals surface area contributed by atoms with Gasteiger partial charge in [0.1, 0.15) is 5.75 Å². The van der Waals surface area contributed by atoms with Crippen molar-refractivity contribution in [3.63, 3.8) is 0 Å². The van der Waals surface area contributed by atoms with Crippen molar-refractivity contribution in [2.45, 2.75) is 24.7 Å². The molecule has 1 N–H and O–H groups in total. The summed E-state index contributed by atoms with van der Waals surface area (Å²) in [6, 6.07) is 10.6. The van der Waals surface area contributed by atoms with Crippen LogP contribution in [0.1, 0.15) is 18.4 Å². The van der Waals surface area contributed by atoms with Crippen LogP contribution in [-0.2, 0) is 14.8 Å². The second kappa shape index (κ2) is 8.33. The summed E-state index contributed by atoms with van der Waals surface area (Å²) in [5, 5.41) is 2.94. The first-order chi connectivity index (χ1) is 14.4. The summed E-state index contributed by atoms with van der Waals surface area (Å²) in [7, 11) is -2.06. The summed E-state index contributed by atoms with van der Waals surface area (Å²) >= 11 is 1.55. The van der Waals surface area contributed by atoms with E-state index in [-0.39, 0.29) is 16.7 Å². The second-order valence-corrected chi connectivity index (χ2v) is 10.1. The molecule has 1 aliphatic heterocycles. The summed E-state index contributed by atoms with van der Waals surface area (Å²) in [4.78, 5) is 17.2. The van der Waals surface area contributed by atoms with Gasteiger partial charge in [-0.2, -0.15) is 4.31 Å². The lowest BCUT2D eigenvalue weighted by molar-refractivity contribution is -0.120. The Balaban J connectivity index is 1.40. The highest BCUT2D eigenvalue weighted by atomic mass is 32.2. The lowest BCUT2D eigenvalue weighted by atomic mass is 9.97. The number of carbonyl (C=O) groups is 1. The molecule has 7 nitrogen and oxygen atoms in total. The molecule has 0 aliphatic carbocycles. The van der Waals surface area contributed by atoms with Gasteiger partial charge in [0.15, 0.2) is 0 Å². The molecule has 0 radical (unpaired) electrons. The number of methoxy groups -OCH3 is 1. The number of hydrogen-bond acceptors (Lipinski definition) is 6. The van der Waals surface area contributed by atoms with E-state index in [0.29, 0.717) is 42.9 Å². The Kier molecular flexibility index (Phi) is 5.77. The number of thiazole rings is 1. The average molecular weight is 446 g/mol. The molecule has 1 amide bonds. The van der Waals surface area contributed by atoms with Crippen LogP contribution in [0.4, 0.5) is 5.69 Å². The van der Waals surface area contributed by atoms with E-state index >= 15 is 0 Å². The SMILES string of the molecule is COc1ccc(S(=O)(=O)N2CCC(C(=O)Nc3ccc4scnc4c3)CC2)c(C)c1. The number of aromatic nitrogens is 1. The largest absolute Gasteiger partial charge is 0.497 e. The molecule has 0 spiro atoms. The number of rotatable bonds is 5. The van der Waals surface area contributed by atoms with Crippen LogP contribution in [0.3, 0.4) is 0 Å². The van der Waals surface area contributed by atoms with Gasteiger partial charge in [0.25, 0.3) is 0 Å². The lowest BCUT2D eigenvalue weighted by Crippen LogP contribution is -2.41. The van der Waals surface area contributed by atoms with E-state index in [1.54, 1.807) is 49.1 Å². The van der Waals surface area contributed by atoms with Gasteiger partial charge >= 0.3 is 0 Å². The number of aryl methyl sites for hydroxylation is 1. The van der Waals surface area contributed by atoms with Gasteiger partial charge < -0.3 is 10.1 Å². The summed E-state index contributed by atoms with van der Waals surface area (Å²) in [6.07, 6.45) is 0.971. The van der Waals surface area contributed by atoms with E-state index in [1.807, 2.05) is 18.2 Å². The predicted octanol–water partition coefficient (Wildman–Crippen LogP) is 3.65. The number of fused-ring (bicyclic) bond motifs is 1. The number of nitrogens with one attached hydrogen (secondary N) is 1. The van der Waals surface area contributed by atoms with Crippen molar-refractivity contribution in [1.82, 2.24) is 9.29 Å². The zero-order valence-corrected chi connectivity index (χ0v) is 18.4. The number of hydrogen-bond donors (Lipinski definition) is 1. The smallest absolute Gasteiger partial charge is 0.243 e. The third-order valence-electron chi connectivity index (χ3n) is 5.42. The van der Waals surface area contributed by atoms with E-state index in [9.17, 15) is 13.2 Å². The van der Waals surface area contributed by atoms with Crippen LogP contribution in [-0.4, -0.2) is 43.8 Å². The molecular formula is C21H23N3O4S2. The van der Waals surface area contributed by atoms with Gasteiger partial charge in [-0.3, -0.25) is 4.79 Å². The summed E-state index contributed by atoms with van der Waals surface area (Å²) in [6.45, 7) is 2.39.